The van der Waals surface area contributed by atoms with Crippen LogP contribution in [-0.2, 0) is 4.79 Å². The second kappa shape index (κ2) is 5.72. The molecule has 1 aromatic rings. The molecule has 0 aromatic carbocycles. The molecule has 0 spiro atoms. The number of amides is 1. The van der Waals surface area contributed by atoms with Gasteiger partial charge in [0.25, 0.3) is 0 Å². The lowest BCUT2D eigenvalue weighted by Crippen LogP contribution is -2.28. The number of nitrogens with one attached hydrogen (secondary N) is 2. The molecule has 1 unspecified atom stereocenters. The minimum Gasteiger partial charge on any atom is -0.347 e. The summed E-state index contributed by atoms with van der Waals surface area (Å²) in [4.78, 5) is 15.5. The van der Waals surface area contributed by atoms with Crippen LogP contribution in [0, 0.1) is 0 Å². The van der Waals surface area contributed by atoms with E-state index in [1.165, 1.54) is 0 Å². The molecule has 1 rings (SSSR count). The Morgan fingerprint density at radius 1 is 1.71 bits per heavy atom. The quantitative estimate of drug-likeness (QED) is 0.765. The van der Waals surface area contributed by atoms with Gasteiger partial charge in [0.2, 0.25) is 5.91 Å². The molecule has 14 heavy (non-hydrogen) atoms. The summed E-state index contributed by atoms with van der Waals surface area (Å²) < 4.78 is 0. The standard InChI is InChI=1S/C9H15N3OS/c1-7(9-11-5-6-14-9)12-8(13)3-4-10-2/h5-7,10H,3-4H2,1-2H3,(H,12,13). The average molecular weight is 213 g/mol. The summed E-state index contributed by atoms with van der Waals surface area (Å²) in [6.07, 6.45) is 2.25. The van der Waals surface area contributed by atoms with Crippen LogP contribution in [0.15, 0.2) is 11.6 Å². The van der Waals surface area contributed by atoms with Crippen molar-refractivity contribution in [1.82, 2.24) is 15.6 Å². The van der Waals surface area contributed by atoms with Crippen molar-refractivity contribution in [3.63, 3.8) is 0 Å². The lowest BCUT2D eigenvalue weighted by Gasteiger charge is -2.10. The molecule has 78 valence electrons. The number of hydrogen-bond acceptors (Lipinski definition) is 4. The first-order valence-electron chi connectivity index (χ1n) is 4.57. The molecule has 1 atom stereocenters. The molecule has 1 aromatic heterocycles. The van der Waals surface area contributed by atoms with E-state index in [1.807, 2.05) is 19.4 Å². The van der Waals surface area contributed by atoms with Crippen molar-refractivity contribution in [2.75, 3.05) is 13.6 Å². The normalized spacial score (nSPS) is 12.4. The SMILES string of the molecule is CNCCC(=O)NC(C)c1nccs1. The minimum absolute atomic E-state index is 0.0133. The summed E-state index contributed by atoms with van der Waals surface area (Å²) in [6, 6.07) is 0.0133. The van der Waals surface area contributed by atoms with Gasteiger partial charge in [-0.25, -0.2) is 4.98 Å². The number of nitrogens with zero attached hydrogens (tertiary/aromatic N) is 1. The van der Waals surface area contributed by atoms with Crippen molar-refractivity contribution < 1.29 is 4.79 Å². The lowest BCUT2D eigenvalue weighted by molar-refractivity contribution is -0.121. The Bertz CT molecular complexity index is 274. The fraction of sp³-hybridized carbons (Fsp3) is 0.556. The van der Waals surface area contributed by atoms with Crippen LogP contribution in [0.25, 0.3) is 0 Å². The molecule has 0 saturated carbocycles. The second-order valence-electron chi connectivity index (χ2n) is 3.01. The maximum absolute atomic E-state index is 11.3. The Morgan fingerprint density at radius 2 is 2.50 bits per heavy atom. The predicted molar refractivity (Wildman–Crippen MR) is 57.2 cm³/mol. The van der Waals surface area contributed by atoms with E-state index in [4.69, 9.17) is 0 Å². The third kappa shape index (κ3) is 3.43. The van der Waals surface area contributed by atoms with E-state index in [-0.39, 0.29) is 11.9 Å². The van der Waals surface area contributed by atoms with E-state index >= 15 is 0 Å². The molecule has 1 heterocycles. The Balaban J connectivity index is 2.33. The van der Waals surface area contributed by atoms with Crippen LogP contribution in [-0.4, -0.2) is 24.5 Å². The van der Waals surface area contributed by atoms with E-state index in [9.17, 15) is 4.79 Å². The molecule has 0 radical (unpaired) electrons. The largest absolute Gasteiger partial charge is 0.347 e. The molecule has 4 nitrogen and oxygen atoms in total. The van der Waals surface area contributed by atoms with Crippen molar-refractivity contribution in [2.24, 2.45) is 0 Å². The highest BCUT2D eigenvalue weighted by Gasteiger charge is 2.10. The fourth-order valence-electron chi connectivity index (χ4n) is 1.06. The minimum atomic E-state index is 0.0133. The van der Waals surface area contributed by atoms with Crippen molar-refractivity contribution in [3.05, 3.63) is 16.6 Å². The number of hydrogen-bond donors (Lipinski definition) is 2. The average Bonchev–Trinajstić information content (AvgIpc) is 2.67. The van der Waals surface area contributed by atoms with Crippen LogP contribution in [0.1, 0.15) is 24.4 Å². The van der Waals surface area contributed by atoms with Crippen molar-refractivity contribution in [3.8, 4) is 0 Å². The van der Waals surface area contributed by atoms with Gasteiger partial charge in [0.15, 0.2) is 0 Å². The molecule has 0 saturated heterocycles. The lowest BCUT2D eigenvalue weighted by atomic mass is 10.3. The van der Waals surface area contributed by atoms with Gasteiger partial charge >= 0.3 is 0 Å². The Hall–Kier alpha value is -0.940. The van der Waals surface area contributed by atoms with Crippen LogP contribution in [0.5, 0.6) is 0 Å². The summed E-state index contributed by atoms with van der Waals surface area (Å²) in [5.41, 5.74) is 0. The van der Waals surface area contributed by atoms with Crippen LogP contribution < -0.4 is 10.6 Å². The van der Waals surface area contributed by atoms with Crippen LogP contribution in [0.3, 0.4) is 0 Å². The zero-order valence-corrected chi connectivity index (χ0v) is 9.23. The highest BCUT2D eigenvalue weighted by atomic mass is 32.1. The molecule has 0 aliphatic heterocycles. The first-order chi connectivity index (χ1) is 6.74. The maximum Gasteiger partial charge on any atom is 0.221 e. The van der Waals surface area contributed by atoms with Gasteiger partial charge in [0.1, 0.15) is 5.01 Å². The molecular weight excluding hydrogens is 198 g/mol. The molecule has 2 N–H and O–H groups in total. The van der Waals surface area contributed by atoms with Gasteiger partial charge in [-0.3, -0.25) is 4.79 Å². The zero-order valence-electron chi connectivity index (χ0n) is 8.41. The van der Waals surface area contributed by atoms with Crippen molar-refractivity contribution in [2.45, 2.75) is 19.4 Å². The van der Waals surface area contributed by atoms with E-state index < -0.39 is 0 Å². The van der Waals surface area contributed by atoms with Gasteiger partial charge in [-0.2, -0.15) is 0 Å². The van der Waals surface area contributed by atoms with Gasteiger partial charge < -0.3 is 10.6 Å². The van der Waals surface area contributed by atoms with E-state index in [2.05, 4.69) is 15.6 Å². The summed E-state index contributed by atoms with van der Waals surface area (Å²) in [6.45, 7) is 2.65. The van der Waals surface area contributed by atoms with E-state index in [0.29, 0.717) is 13.0 Å². The summed E-state index contributed by atoms with van der Waals surface area (Å²) >= 11 is 1.56. The van der Waals surface area contributed by atoms with Gasteiger partial charge in [-0.1, -0.05) is 0 Å². The monoisotopic (exact) mass is 213 g/mol. The number of aromatic nitrogens is 1. The molecule has 0 bridgehead atoms. The van der Waals surface area contributed by atoms with Crippen molar-refractivity contribution >= 4 is 17.2 Å². The van der Waals surface area contributed by atoms with Crippen LogP contribution in [0.4, 0.5) is 0 Å². The molecular formula is C9H15N3OS. The highest BCUT2D eigenvalue weighted by molar-refractivity contribution is 7.09. The topological polar surface area (TPSA) is 54.0 Å². The Labute approximate surface area is 87.7 Å². The summed E-state index contributed by atoms with van der Waals surface area (Å²) in [5.74, 6) is 0.0575. The second-order valence-corrected chi connectivity index (χ2v) is 3.94. The summed E-state index contributed by atoms with van der Waals surface area (Å²) in [7, 11) is 1.83. The molecule has 0 fully saturated rings. The van der Waals surface area contributed by atoms with Crippen LogP contribution in [0.2, 0.25) is 0 Å². The van der Waals surface area contributed by atoms with E-state index in [1.54, 1.807) is 17.5 Å². The number of carbonyl (C=O) groups is 1. The smallest absolute Gasteiger partial charge is 0.221 e. The zero-order chi connectivity index (χ0) is 10.4. The van der Waals surface area contributed by atoms with Gasteiger partial charge in [-0.05, 0) is 14.0 Å². The number of thiazole rings is 1. The van der Waals surface area contributed by atoms with E-state index in [0.717, 1.165) is 5.01 Å². The fourth-order valence-corrected chi connectivity index (χ4v) is 1.71. The predicted octanol–water partition coefficient (Wildman–Crippen LogP) is 0.930. The van der Waals surface area contributed by atoms with Gasteiger partial charge in [0.05, 0.1) is 6.04 Å². The van der Waals surface area contributed by atoms with Gasteiger partial charge in [-0.15, -0.1) is 11.3 Å². The molecule has 0 aliphatic carbocycles. The Kier molecular flexibility index (Phi) is 4.55. The number of carbonyl (C=O) groups excluding carboxylic acids is 1. The maximum atomic E-state index is 11.3. The first kappa shape index (κ1) is 11.1. The summed E-state index contributed by atoms with van der Waals surface area (Å²) in [5, 5.41) is 8.67. The van der Waals surface area contributed by atoms with Gasteiger partial charge in [0, 0.05) is 24.5 Å². The highest BCUT2D eigenvalue weighted by Crippen LogP contribution is 2.14. The third-order valence-electron chi connectivity index (χ3n) is 1.80. The van der Waals surface area contributed by atoms with Crippen LogP contribution >= 0.6 is 11.3 Å². The Morgan fingerprint density at radius 3 is 3.07 bits per heavy atom. The number of rotatable bonds is 5. The molecule has 5 heteroatoms. The molecule has 1 amide bonds. The third-order valence-corrected chi connectivity index (χ3v) is 2.76. The van der Waals surface area contributed by atoms with Crippen molar-refractivity contribution in [1.29, 1.82) is 0 Å². The first-order valence-corrected chi connectivity index (χ1v) is 5.45. The molecule has 0 aliphatic rings.